The molecule has 0 radical (unpaired) electrons. The Morgan fingerprint density at radius 2 is 1.57 bits per heavy atom. The summed E-state index contributed by atoms with van der Waals surface area (Å²) in [5, 5.41) is 4.87. The van der Waals surface area contributed by atoms with Gasteiger partial charge in [-0.3, -0.25) is 0 Å². The van der Waals surface area contributed by atoms with Gasteiger partial charge in [-0.2, -0.15) is 22.7 Å². The zero-order valence-electron chi connectivity index (χ0n) is 23.8. The fourth-order valence-electron chi connectivity index (χ4n) is 5.20. The molecule has 0 N–H and O–H groups in total. The third-order valence-electron chi connectivity index (χ3n) is 7.29. The van der Waals surface area contributed by atoms with E-state index in [1.54, 1.807) is 26.9 Å². The summed E-state index contributed by atoms with van der Waals surface area (Å²) in [7, 11) is 0. The number of rotatable bonds is 14. The van der Waals surface area contributed by atoms with Gasteiger partial charge in [-0.15, -0.1) is 0 Å². The molecule has 3 aromatic heterocycles. The van der Waals surface area contributed by atoms with Gasteiger partial charge in [-0.25, -0.2) is 4.98 Å². The lowest BCUT2D eigenvalue weighted by molar-refractivity contribution is 0.0748. The Kier molecular flexibility index (Phi) is 14.1. The molecule has 0 atom stereocenters. The highest BCUT2D eigenvalue weighted by atomic mass is 32.1. The standard InChI is InChI=1S/C22H33BS2.C9H16N2O/c1-3-5-10-18-14-21(24-16-18)23(20-12-8-7-9-13-20)22-15-19(17-25-22)11-6-4-2;1-9(2)12-7-3-5-11-6-4-10-8-11/h14-17,20H,3-13H2,1-2H3;4,6,8-9H,3,5,7H2,1-2H3. The van der Waals surface area contributed by atoms with E-state index in [1.165, 1.54) is 70.6 Å². The number of hydrogen-bond donors (Lipinski definition) is 0. The number of unbranched alkanes of at least 4 members (excludes halogenated alkanes) is 2. The summed E-state index contributed by atoms with van der Waals surface area (Å²) in [5.41, 5.74) is 3.15. The Bertz CT molecular complexity index is 913. The molecule has 6 heteroatoms. The van der Waals surface area contributed by atoms with Crippen molar-refractivity contribution in [1.82, 2.24) is 9.55 Å². The number of nitrogens with zero attached hydrogens (tertiary/aromatic N) is 2. The Balaban J connectivity index is 0.000000266. The number of imidazole rings is 1. The van der Waals surface area contributed by atoms with Crippen molar-refractivity contribution in [3.05, 3.63) is 52.7 Å². The van der Waals surface area contributed by atoms with Gasteiger partial charge in [-0.1, -0.05) is 76.7 Å². The van der Waals surface area contributed by atoms with E-state index in [0.717, 1.165) is 25.4 Å². The van der Waals surface area contributed by atoms with Gasteiger partial charge in [0.25, 0.3) is 0 Å². The van der Waals surface area contributed by atoms with E-state index in [0.29, 0.717) is 12.8 Å². The average Bonchev–Trinajstić information content (AvgIpc) is 3.69. The second-order valence-electron chi connectivity index (χ2n) is 10.9. The third-order valence-corrected chi connectivity index (χ3v) is 9.42. The Labute approximate surface area is 235 Å². The van der Waals surface area contributed by atoms with Crippen LogP contribution < -0.4 is 9.55 Å². The molecule has 3 heterocycles. The Morgan fingerprint density at radius 3 is 2.08 bits per heavy atom. The normalized spacial score (nSPS) is 14.1. The first-order valence-electron chi connectivity index (χ1n) is 14.8. The van der Waals surface area contributed by atoms with Gasteiger partial charge in [0, 0.05) is 25.5 Å². The largest absolute Gasteiger partial charge is 0.379 e. The molecule has 0 aromatic carbocycles. The predicted molar refractivity (Wildman–Crippen MR) is 166 cm³/mol. The maximum atomic E-state index is 5.41. The molecular weight excluding hydrogens is 491 g/mol. The van der Waals surface area contributed by atoms with Crippen LogP contribution in [-0.4, -0.2) is 29.0 Å². The molecule has 1 aliphatic rings. The van der Waals surface area contributed by atoms with E-state index in [9.17, 15) is 0 Å². The lowest BCUT2D eigenvalue weighted by Crippen LogP contribution is -2.43. The van der Waals surface area contributed by atoms with Gasteiger partial charge in [0.1, 0.15) is 0 Å². The highest BCUT2D eigenvalue weighted by molar-refractivity contribution is 7.31. The highest BCUT2D eigenvalue weighted by Gasteiger charge is 2.32. The summed E-state index contributed by atoms with van der Waals surface area (Å²) >= 11 is 4.06. The summed E-state index contributed by atoms with van der Waals surface area (Å²) in [4.78, 5) is 3.96. The smallest absolute Gasteiger partial charge is 0.238 e. The fourth-order valence-corrected chi connectivity index (χ4v) is 7.59. The molecule has 37 heavy (non-hydrogen) atoms. The molecule has 0 aliphatic heterocycles. The van der Waals surface area contributed by atoms with Crippen LogP contribution in [0, 0.1) is 0 Å². The summed E-state index contributed by atoms with van der Waals surface area (Å²) in [5.74, 6) is 0.865. The molecule has 1 aliphatic carbocycles. The first-order chi connectivity index (χ1) is 18.1. The minimum Gasteiger partial charge on any atom is -0.379 e. The second kappa shape index (κ2) is 17.3. The lowest BCUT2D eigenvalue weighted by Gasteiger charge is -2.26. The zero-order chi connectivity index (χ0) is 26.3. The molecule has 3 nitrogen and oxygen atoms in total. The molecule has 3 aromatic rings. The molecule has 1 fully saturated rings. The van der Waals surface area contributed by atoms with E-state index in [4.69, 9.17) is 4.74 Å². The number of hydrogen-bond acceptors (Lipinski definition) is 4. The van der Waals surface area contributed by atoms with Crippen molar-refractivity contribution in [3.63, 3.8) is 0 Å². The second-order valence-corrected chi connectivity index (χ2v) is 12.8. The molecule has 4 rings (SSSR count). The quantitative estimate of drug-likeness (QED) is 0.152. The summed E-state index contributed by atoms with van der Waals surface area (Å²) in [6.45, 7) is 11.2. The van der Waals surface area contributed by atoms with Gasteiger partial charge >= 0.3 is 0 Å². The van der Waals surface area contributed by atoms with E-state index >= 15 is 0 Å². The van der Waals surface area contributed by atoms with Crippen LogP contribution in [0.1, 0.15) is 103 Å². The molecule has 1 saturated carbocycles. The van der Waals surface area contributed by atoms with Gasteiger partial charge in [0.15, 0.2) is 0 Å². The molecule has 0 amide bonds. The van der Waals surface area contributed by atoms with Crippen molar-refractivity contribution in [2.45, 2.75) is 123 Å². The minimum atomic E-state index is 0.341. The first kappa shape index (κ1) is 30.2. The van der Waals surface area contributed by atoms with Crippen molar-refractivity contribution < 1.29 is 4.74 Å². The lowest BCUT2D eigenvalue weighted by atomic mass is 9.37. The molecule has 0 unspecified atom stereocenters. The SMILES string of the molecule is CC(C)OCCCn1ccnc1.CCCCc1csc(B(c2cc(CCCC)cs2)C2CCCCC2)c1. The van der Waals surface area contributed by atoms with Crippen LogP contribution in [0.25, 0.3) is 0 Å². The summed E-state index contributed by atoms with van der Waals surface area (Å²) in [6.07, 6.45) is 21.9. The van der Waals surface area contributed by atoms with Crippen LogP contribution in [0.5, 0.6) is 0 Å². The Hall–Kier alpha value is -1.37. The topological polar surface area (TPSA) is 27.1 Å². The monoisotopic (exact) mass is 540 g/mol. The van der Waals surface area contributed by atoms with E-state index in [-0.39, 0.29) is 0 Å². The van der Waals surface area contributed by atoms with Crippen molar-refractivity contribution in [2.24, 2.45) is 0 Å². The number of aryl methyl sites for hydroxylation is 3. The van der Waals surface area contributed by atoms with Crippen LogP contribution in [0.3, 0.4) is 0 Å². The molecular formula is C31H49BN2OS2. The van der Waals surface area contributed by atoms with E-state index < -0.39 is 0 Å². The predicted octanol–water partition coefficient (Wildman–Crippen LogP) is 8.14. The maximum absolute atomic E-state index is 5.41. The van der Waals surface area contributed by atoms with E-state index in [1.807, 2.05) is 35.2 Å². The van der Waals surface area contributed by atoms with Crippen molar-refractivity contribution in [3.8, 4) is 0 Å². The number of aromatic nitrogens is 2. The molecule has 0 saturated heterocycles. The first-order valence-corrected chi connectivity index (χ1v) is 16.6. The van der Waals surface area contributed by atoms with Crippen LogP contribution in [0.4, 0.5) is 0 Å². The average molecular weight is 541 g/mol. The van der Waals surface area contributed by atoms with Crippen LogP contribution in [0.2, 0.25) is 5.82 Å². The summed E-state index contributed by atoms with van der Waals surface area (Å²) < 4.78 is 10.7. The van der Waals surface area contributed by atoms with Crippen LogP contribution >= 0.6 is 22.7 Å². The number of thiophene rings is 2. The zero-order valence-corrected chi connectivity index (χ0v) is 25.4. The molecule has 0 spiro atoms. The number of ether oxygens (including phenoxy) is 1. The third kappa shape index (κ3) is 10.7. The van der Waals surface area contributed by atoms with Crippen molar-refractivity contribution in [1.29, 1.82) is 0 Å². The maximum Gasteiger partial charge on any atom is 0.238 e. The van der Waals surface area contributed by atoms with Crippen molar-refractivity contribution in [2.75, 3.05) is 6.61 Å². The van der Waals surface area contributed by atoms with Gasteiger partial charge in [0.2, 0.25) is 6.71 Å². The summed E-state index contributed by atoms with van der Waals surface area (Å²) in [6, 6.07) is 5.09. The van der Waals surface area contributed by atoms with Gasteiger partial charge in [-0.05, 0) is 77.4 Å². The Morgan fingerprint density at radius 1 is 0.946 bits per heavy atom. The molecule has 0 bridgehead atoms. The minimum absolute atomic E-state index is 0.341. The van der Waals surface area contributed by atoms with Crippen molar-refractivity contribution >= 4 is 38.9 Å². The van der Waals surface area contributed by atoms with E-state index in [2.05, 4.69) is 60.1 Å². The van der Waals surface area contributed by atoms with Gasteiger partial charge in [0.05, 0.1) is 12.4 Å². The molecule has 204 valence electrons. The fraction of sp³-hybridized carbons (Fsp3) is 0.645. The highest BCUT2D eigenvalue weighted by Crippen LogP contribution is 2.32. The van der Waals surface area contributed by atoms with Crippen LogP contribution in [-0.2, 0) is 24.1 Å². The van der Waals surface area contributed by atoms with Gasteiger partial charge < -0.3 is 9.30 Å². The van der Waals surface area contributed by atoms with Crippen LogP contribution in [0.15, 0.2) is 41.6 Å².